The van der Waals surface area contributed by atoms with Gasteiger partial charge in [-0.25, -0.2) is 0 Å². The first-order chi connectivity index (χ1) is 14.3. The number of amides is 1. The molecule has 1 aromatic heterocycles. The molecule has 0 spiro atoms. The van der Waals surface area contributed by atoms with Gasteiger partial charge < -0.3 is 30.2 Å². The van der Waals surface area contributed by atoms with Crippen LogP contribution in [0.4, 0.5) is 5.69 Å². The summed E-state index contributed by atoms with van der Waals surface area (Å²) < 4.78 is 5.63. The fourth-order valence-corrected chi connectivity index (χ4v) is 3.57. The number of carbonyl (C=O) groups excluding carboxylic acids is 2. The molecule has 4 N–H and O–H groups in total. The number of hydrogen-bond donors (Lipinski definition) is 4. The molecule has 0 bridgehead atoms. The molecule has 2 aliphatic rings. The number of ketones is 1. The van der Waals surface area contributed by atoms with Crippen molar-refractivity contribution in [2.45, 2.75) is 31.9 Å². The Kier molecular flexibility index (Phi) is 5.03. The molecule has 8 nitrogen and oxygen atoms in total. The lowest BCUT2D eigenvalue weighted by molar-refractivity contribution is -0.125. The van der Waals surface area contributed by atoms with E-state index in [9.17, 15) is 19.8 Å². The Hall–Kier alpha value is -3.26. The van der Waals surface area contributed by atoms with Gasteiger partial charge in [-0.05, 0) is 49.4 Å². The minimum Gasteiger partial charge on any atom is -0.505 e. The van der Waals surface area contributed by atoms with Crippen LogP contribution in [-0.4, -0.2) is 47.0 Å². The molecule has 1 unspecified atom stereocenters. The Labute approximate surface area is 174 Å². The fourth-order valence-electron chi connectivity index (χ4n) is 3.57. The van der Waals surface area contributed by atoms with Crippen LogP contribution in [-0.2, 0) is 4.79 Å². The van der Waals surface area contributed by atoms with Gasteiger partial charge in [0.15, 0.2) is 11.9 Å². The average Bonchev–Trinajstić information content (AvgIpc) is 3.47. The first kappa shape index (κ1) is 20.0. The van der Waals surface area contributed by atoms with Gasteiger partial charge in [-0.1, -0.05) is 6.07 Å². The van der Waals surface area contributed by atoms with Gasteiger partial charge in [0.25, 0.3) is 5.91 Å². The topological polar surface area (TPSA) is 115 Å². The third-order valence-corrected chi connectivity index (χ3v) is 5.43. The highest BCUT2D eigenvalue weighted by Gasteiger charge is 2.43. The first-order valence-corrected chi connectivity index (χ1v) is 9.86. The van der Waals surface area contributed by atoms with E-state index in [1.165, 1.54) is 11.0 Å². The highest BCUT2D eigenvalue weighted by Crippen LogP contribution is 2.43. The molecule has 1 heterocycles. The molecule has 30 heavy (non-hydrogen) atoms. The normalized spacial score (nSPS) is 19.3. The van der Waals surface area contributed by atoms with Crippen LogP contribution in [0, 0.1) is 12.8 Å². The van der Waals surface area contributed by atoms with Crippen molar-refractivity contribution in [3.8, 4) is 5.75 Å². The lowest BCUT2D eigenvalue weighted by Crippen LogP contribution is -2.46. The Bertz CT molecular complexity index is 1040. The Balaban J connectivity index is 1.62. The van der Waals surface area contributed by atoms with Gasteiger partial charge in [0.1, 0.15) is 11.5 Å². The summed E-state index contributed by atoms with van der Waals surface area (Å²) in [6, 6.07) is 6.48. The highest BCUT2D eigenvalue weighted by atomic mass is 16.3. The van der Waals surface area contributed by atoms with Crippen LogP contribution in [0.5, 0.6) is 5.75 Å². The molecule has 158 valence electrons. The van der Waals surface area contributed by atoms with Crippen molar-refractivity contribution >= 4 is 17.4 Å². The third kappa shape index (κ3) is 3.54. The van der Waals surface area contributed by atoms with Crippen molar-refractivity contribution in [1.29, 1.82) is 0 Å². The summed E-state index contributed by atoms with van der Waals surface area (Å²) in [6.45, 7) is 1.94. The summed E-state index contributed by atoms with van der Waals surface area (Å²) in [6.07, 6.45) is 2.40. The van der Waals surface area contributed by atoms with E-state index in [0.29, 0.717) is 5.92 Å². The van der Waals surface area contributed by atoms with Crippen molar-refractivity contribution in [3.63, 3.8) is 0 Å². The number of furan rings is 1. The minimum absolute atomic E-state index is 0.127. The van der Waals surface area contributed by atoms with Crippen molar-refractivity contribution in [1.82, 2.24) is 10.2 Å². The van der Waals surface area contributed by atoms with Crippen LogP contribution in [0.15, 0.2) is 46.3 Å². The van der Waals surface area contributed by atoms with Crippen LogP contribution in [0.3, 0.4) is 0 Å². The zero-order chi connectivity index (χ0) is 21.6. The SMILES string of the molecule is Cc1coc([C@H](NC2=C(Nc3cccc(C(=O)N(C)C)c3O)C(O)C2=O)C2CC2)c1. The zero-order valence-electron chi connectivity index (χ0n) is 17.1. The number of phenolic OH excluding ortho intramolecular Hbond substituents is 1. The fraction of sp³-hybridized carbons (Fsp3) is 0.364. The van der Waals surface area contributed by atoms with E-state index < -0.39 is 11.9 Å². The predicted molar refractivity (Wildman–Crippen MR) is 110 cm³/mol. The van der Waals surface area contributed by atoms with E-state index >= 15 is 0 Å². The molecule has 8 heteroatoms. The number of aliphatic hydroxyl groups excluding tert-OH is 1. The van der Waals surface area contributed by atoms with Crippen LogP contribution >= 0.6 is 0 Å². The summed E-state index contributed by atoms with van der Waals surface area (Å²) in [5, 5.41) is 26.9. The highest BCUT2D eigenvalue weighted by molar-refractivity contribution is 6.09. The van der Waals surface area contributed by atoms with E-state index in [1.807, 2.05) is 13.0 Å². The molecule has 1 amide bonds. The number of aryl methyl sites for hydroxylation is 1. The average molecular weight is 411 g/mol. The molecule has 2 aliphatic carbocycles. The molecule has 0 radical (unpaired) electrons. The second-order valence-electron chi connectivity index (χ2n) is 8.07. The van der Waals surface area contributed by atoms with E-state index in [-0.39, 0.29) is 40.3 Å². The van der Waals surface area contributed by atoms with E-state index in [2.05, 4.69) is 10.6 Å². The molecule has 2 aromatic rings. The standard InChI is InChI=1S/C22H25N3O5/c1-11-9-15(30-10-11)16(12-7-8-12)24-18-17(20(27)21(18)28)23-14-6-4-5-13(19(14)26)22(29)25(2)3/h4-6,9-10,12,16,20,23-24,26-27H,7-8H2,1-3H3/t16-,20?/m1/s1. The number of rotatable bonds is 7. The van der Waals surface area contributed by atoms with Crippen molar-refractivity contribution in [2.75, 3.05) is 19.4 Å². The van der Waals surface area contributed by atoms with Gasteiger partial charge in [0, 0.05) is 14.1 Å². The van der Waals surface area contributed by atoms with Crippen molar-refractivity contribution in [3.05, 3.63) is 58.8 Å². The van der Waals surface area contributed by atoms with E-state index in [0.717, 1.165) is 24.2 Å². The number of benzene rings is 1. The minimum atomic E-state index is -1.32. The van der Waals surface area contributed by atoms with Crippen LogP contribution in [0.1, 0.15) is 40.6 Å². The van der Waals surface area contributed by atoms with E-state index in [4.69, 9.17) is 4.42 Å². The number of nitrogens with zero attached hydrogens (tertiary/aromatic N) is 1. The number of carbonyl (C=O) groups is 2. The Morgan fingerprint density at radius 3 is 2.63 bits per heavy atom. The number of para-hydroxylation sites is 1. The largest absolute Gasteiger partial charge is 0.505 e. The summed E-state index contributed by atoms with van der Waals surface area (Å²) in [4.78, 5) is 26.0. The van der Waals surface area contributed by atoms with Gasteiger partial charge in [0.05, 0.1) is 29.3 Å². The van der Waals surface area contributed by atoms with Crippen LogP contribution < -0.4 is 10.6 Å². The van der Waals surface area contributed by atoms with Crippen LogP contribution in [0.2, 0.25) is 0 Å². The number of aromatic hydroxyl groups is 1. The maximum atomic E-state index is 12.4. The second kappa shape index (κ2) is 7.53. The lowest BCUT2D eigenvalue weighted by atomic mass is 9.93. The molecule has 0 saturated heterocycles. The molecule has 1 saturated carbocycles. The number of phenols is 1. The number of Topliss-reactive ketones (excluding diaryl/α,β-unsaturated/α-hetero) is 1. The maximum absolute atomic E-state index is 12.4. The zero-order valence-corrected chi connectivity index (χ0v) is 17.1. The second-order valence-corrected chi connectivity index (χ2v) is 8.07. The molecule has 2 atom stereocenters. The molecular weight excluding hydrogens is 386 g/mol. The van der Waals surface area contributed by atoms with Gasteiger partial charge in [0.2, 0.25) is 5.78 Å². The Morgan fingerprint density at radius 2 is 2.03 bits per heavy atom. The summed E-state index contributed by atoms with van der Waals surface area (Å²) >= 11 is 0. The van der Waals surface area contributed by atoms with Gasteiger partial charge in [-0.3, -0.25) is 9.59 Å². The van der Waals surface area contributed by atoms with E-state index in [1.54, 1.807) is 32.5 Å². The predicted octanol–water partition coefficient (Wildman–Crippen LogP) is 2.30. The number of anilines is 1. The summed E-state index contributed by atoms with van der Waals surface area (Å²) in [5.41, 5.74) is 1.88. The lowest BCUT2D eigenvalue weighted by Gasteiger charge is -2.32. The van der Waals surface area contributed by atoms with Gasteiger partial charge in [-0.15, -0.1) is 0 Å². The van der Waals surface area contributed by atoms with Gasteiger partial charge >= 0.3 is 0 Å². The third-order valence-electron chi connectivity index (χ3n) is 5.43. The van der Waals surface area contributed by atoms with Gasteiger partial charge in [-0.2, -0.15) is 0 Å². The van der Waals surface area contributed by atoms with Crippen molar-refractivity contribution < 1.29 is 24.2 Å². The number of hydrogen-bond acceptors (Lipinski definition) is 7. The quantitative estimate of drug-likeness (QED) is 0.517. The molecule has 0 aliphatic heterocycles. The Morgan fingerprint density at radius 1 is 1.30 bits per heavy atom. The monoisotopic (exact) mass is 411 g/mol. The molecular formula is C22H25N3O5. The summed E-state index contributed by atoms with van der Waals surface area (Å²) in [5.74, 6) is 0.0823. The first-order valence-electron chi connectivity index (χ1n) is 9.86. The smallest absolute Gasteiger partial charge is 0.257 e. The maximum Gasteiger partial charge on any atom is 0.257 e. The number of aliphatic hydroxyl groups is 1. The van der Waals surface area contributed by atoms with Crippen molar-refractivity contribution in [2.24, 2.45) is 5.92 Å². The molecule has 1 fully saturated rings. The van der Waals surface area contributed by atoms with Crippen LogP contribution in [0.25, 0.3) is 0 Å². The summed E-state index contributed by atoms with van der Waals surface area (Å²) in [7, 11) is 3.18. The molecule has 4 rings (SSSR count). The molecule has 1 aromatic carbocycles. The number of nitrogens with one attached hydrogen (secondary N) is 2.